The summed E-state index contributed by atoms with van der Waals surface area (Å²) in [5.41, 5.74) is 1.74. The molecule has 26 heavy (non-hydrogen) atoms. The standard InChI is InChI=1S/C20H19NO5/c1-14(26-19(22)10-8-15-5-3-2-4-6-15)20(23)21-12-16-7-9-17-18(11-16)25-13-24-17/h2-11,14H,12-13H2,1H3,(H,21,23)/b10-8+/t14-/m1/s1. The van der Waals surface area contributed by atoms with Crippen molar-refractivity contribution in [2.45, 2.75) is 19.6 Å². The first kappa shape index (κ1) is 17.5. The average molecular weight is 353 g/mol. The molecule has 0 bridgehead atoms. The molecule has 2 aromatic carbocycles. The second kappa shape index (κ2) is 8.20. The molecule has 134 valence electrons. The fraction of sp³-hybridized carbons (Fsp3) is 0.200. The monoisotopic (exact) mass is 353 g/mol. The van der Waals surface area contributed by atoms with Gasteiger partial charge in [-0.05, 0) is 36.3 Å². The minimum absolute atomic E-state index is 0.203. The van der Waals surface area contributed by atoms with Crippen LogP contribution in [0.4, 0.5) is 0 Å². The molecular weight excluding hydrogens is 334 g/mol. The van der Waals surface area contributed by atoms with E-state index in [9.17, 15) is 9.59 Å². The van der Waals surface area contributed by atoms with E-state index in [1.54, 1.807) is 12.1 Å². The van der Waals surface area contributed by atoms with E-state index in [4.69, 9.17) is 14.2 Å². The Hall–Kier alpha value is -3.28. The van der Waals surface area contributed by atoms with Crippen molar-refractivity contribution in [3.63, 3.8) is 0 Å². The quantitative estimate of drug-likeness (QED) is 0.638. The fourth-order valence-corrected chi connectivity index (χ4v) is 2.38. The van der Waals surface area contributed by atoms with Crippen LogP contribution in [0.1, 0.15) is 18.1 Å². The first-order valence-corrected chi connectivity index (χ1v) is 8.22. The van der Waals surface area contributed by atoms with Crippen LogP contribution in [-0.4, -0.2) is 24.8 Å². The van der Waals surface area contributed by atoms with Crippen LogP contribution in [0.25, 0.3) is 6.08 Å². The zero-order chi connectivity index (χ0) is 18.4. The second-order valence-electron chi connectivity index (χ2n) is 5.73. The second-order valence-corrected chi connectivity index (χ2v) is 5.73. The van der Waals surface area contributed by atoms with Crippen molar-refractivity contribution < 1.29 is 23.8 Å². The Morgan fingerprint density at radius 2 is 1.92 bits per heavy atom. The highest BCUT2D eigenvalue weighted by molar-refractivity contribution is 5.90. The number of nitrogens with one attached hydrogen (secondary N) is 1. The Morgan fingerprint density at radius 3 is 2.73 bits per heavy atom. The molecular formula is C20H19NO5. The minimum Gasteiger partial charge on any atom is -0.454 e. The van der Waals surface area contributed by atoms with Crippen molar-refractivity contribution in [3.05, 3.63) is 65.7 Å². The summed E-state index contributed by atoms with van der Waals surface area (Å²) in [4.78, 5) is 23.9. The molecule has 6 nitrogen and oxygen atoms in total. The van der Waals surface area contributed by atoms with Gasteiger partial charge < -0.3 is 19.5 Å². The largest absolute Gasteiger partial charge is 0.454 e. The van der Waals surface area contributed by atoms with Gasteiger partial charge in [-0.15, -0.1) is 0 Å². The number of hydrogen-bond acceptors (Lipinski definition) is 5. The van der Waals surface area contributed by atoms with Crippen molar-refractivity contribution in [2.24, 2.45) is 0 Å². The van der Waals surface area contributed by atoms with E-state index in [0.717, 1.165) is 11.1 Å². The molecule has 0 radical (unpaired) electrons. The van der Waals surface area contributed by atoms with Crippen molar-refractivity contribution in [1.82, 2.24) is 5.32 Å². The summed E-state index contributed by atoms with van der Waals surface area (Å²) in [6, 6.07) is 14.8. The van der Waals surface area contributed by atoms with E-state index in [-0.39, 0.29) is 12.7 Å². The van der Waals surface area contributed by atoms with Gasteiger partial charge in [0.25, 0.3) is 5.91 Å². The van der Waals surface area contributed by atoms with E-state index in [2.05, 4.69) is 5.32 Å². The molecule has 0 aromatic heterocycles. The Balaban J connectivity index is 1.47. The van der Waals surface area contributed by atoms with Gasteiger partial charge in [0, 0.05) is 12.6 Å². The van der Waals surface area contributed by atoms with Gasteiger partial charge in [0.2, 0.25) is 6.79 Å². The first-order chi connectivity index (χ1) is 12.6. The summed E-state index contributed by atoms with van der Waals surface area (Å²) in [5.74, 6) is 0.401. The normalized spacial score (nSPS) is 13.4. The highest BCUT2D eigenvalue weighted by Gasteiger charge is 2.17. The van der Waals surface area contributed by atoms with E-state index in [1.165, 1.54) is 13.0 Å². The Bertz CT molecular complexity index is 816. The van der Waals surface area contributed by atoms with Gasteiger partial charge in [0.05, 0.1) is 0 Å². The van der Waals surface area contributed by atoms with Gasteiger partial charge in [-0.25, -0.2) is 4.79 Å². The van der Waals surface area contributed by atoms with E-state index in [0.29, 0.717) is 18.0 Å². The molecule has 1 aliphatic heterocycles. The fourth-order valence-electron chi connectivity index (χ4n) is 2.38. The third-order valence-corrected chi connectivity index (χ3v) is 3.78. The third kappa shape index (κ3) is 4.63. The first-order valence-electron chi connectivity index (χ1n) is 8.22. The lowest BCUT2D eigenvalue weighted by Gasteiger charge is -2.12. The lowest BCUT2D eigenvalue weighted by Crippen LogP contribution is -2.35. The lowest BCUT2D eigenvalue weighted by atomic mass is 10.2. The van der Waals surface area contributed by atoms with Gasteiger partial charge in [0.1, 0.15) is 0 Å². The van der Waals surface area contributed by atoms with Gasteiger partial charge in [-0.2, -0.15) is 0 Å². The number of rotatable bonds is 6. The summed E-state index contributed by atoms with van der Waals surface area (Å²) >= 11 is 0. The number of carbonyl (C=O) groups is 2. The SMILES string of the molecule is C[C@@H](OC(=O)/C=C/c1ccccc1)C(=O)NCc1ccc2c(c1)OCO2. The molecule has 1 atom stereocenters. The summed E-state index contributed by atoms with van der Waals surface area (Å²) < 4.78 is 15.7. The Labute approximate surface area is 151 Å². The van der Waals surface area contributed by atoms with Gasteiger partial charge in [0.15, 0.2) is 17.6 Å². The molecule has 1 N–H and O–H groups in total. The maximum Gasteiger partial charge on any atom is 0.331 e. The van der Waals surface area contributed by atoms with E-state index in [1.807, 2.05) is 42.5 Å². The highest BCUT2D eigenvalue weighted by atomic mass is 16.7. The smallest absolute Gasteiger partial charge is 0.331 e. The molecule has 3 rings (SSSR count). The molecule has 1 aliphatic rings. The molecule has 0 saturated carbocycles. The summed E-state index contributed by atoms with van der Waals surface area (Å²) in [5, 5.41) is 2.73. The number of benzene rings is 2. The molecule has 1 heterocycles. The molecule has 0 unspecified atom stereocenters. The predicted molar refractivity (Wildman–Crippen MR) is 95.4 cm³/mol. The van der Waals surface area contributed by atoms with Crippen LogP contribution in [0.15, 0.2) is 54.6 Å². The molecule has 0 spiro atoms. The van der Waals surface area contributed by atoms with Crippen molar-refractivity contribution in [3.8, 4) is 11.5 Å². The third-order valence-electron chi connectivity index (χ3n) is 3.78. The number of esters is 1. The van der Waals surface area contributed by atoms with Crippen LogP contribution in [0, 0.1) is 0 Å². The van der Waals surface area contributed by atoms with E-state index >= 15 is 0 Å². The number of ether oxygens (including phenoxy) is 3. The maximum atomic E-state index is 12.1. The van der Waals surface area contributed by atoms with Crippen LogP contribution in [-0.2, 0) is 20.9 Å². The number of amides is 1. The van der Waals surface area contributed by atoms with Crippen LogP contribution < -0.4 is 14.8 Å². The van der Waals surface area contributed by atoms with Gasteiger partial charge >= 0.3 is 5.97 Å². The summed E-state index contributed by atoms with van der Waals surface area (Å²) in [7, 11) is 0. The average Bonchev–Trinajstić information content (AvgIpc) is 3.13. The lowest BCUT2D eigenvalue weighted by molar-refractivity contribution is -0.150. The zero-order valence-electron chi connectivity index (χ0n) is 14.3. The predicted octanol–water partition coefficient (Wildman–Crippen LogP) is 2.68. The number of hydrogen-bond donors (Lipinski definition) is 1. The topological polar surface area (TPSA) is 73.9 Å². The van der Waals surface area contributed by atoms with Crippen LogP contribution >= 0.6 is 0 Å². The molecule has 2 aromatic rings. The van der Waals surface area contributed by atoms with Crippen LogP contribution in [0.2, 0.25) is 0 Å². The number of carbonyl (C=O) groups excluding carboxylic acids is 2. The van der Waals surface area contributed by atoms with Gasteiger partial charge in [-0.3, -0.25) is 4.79 Å². The molecule has 0 fully saturated rings. The molecule has 0 aliphatic carbocycles. The minimum atomic E-state index is -0.892. The summed E-state index contributed by atoms with van der Waals surface area (Å²) in [6.45, 7) is 2.04. The molecule has 1 amide bonds. The highest BCUT2D eigenvalue weighted by Crippen LogP contribution is 2.32. The van der Waals surface area contributed by atoms with E-state index < -0.39 is 12.1 Å². The van der Waals surface area contributed by atoms with Crippen molar-refractivity contribution in [1.29, 1.82) is 0 Å². The van der Waals surface area contributed by atoms with Gasteiger partial charge in [-0.1, -0.05) is 36.4 Å². The maximum absolute atomic E-state index is 12.1. The van der Waals surface area contributed by atoms with Crippen molar-refractivity contribution >= 4 is 18.0 Å². The van der Waals surface area contributed by atoms with Crippen LogP contribution in [0.3, 0.4) is 0 Å². The Kier molecular flexibility index (Phi) is 5.53. The summed E-state index contributed by atoms with van der Waals surface area (Å²) in [6.07, 6.45) is 2.05. The van der Waals surface area contributed by atoms with Crippen LogP contribution in [0.5, 0.6) is 11.5 Å². The van der Waals surface area contributed by atoms with Crippen molar-refractivity contribution in [2.75, 3.05) is 6.79 Å². The Morgan fingerprint density at radius 1 is 1.15 bits per heavy atom. The zero-order valence-corrected chi connectivity index (χ0v) is 14.3. The molecule has 6 heteroatoms. The number of fused-ring (bicyclic) bond motifs is 1. The molecule has 0 saturated heterocycles.